The van der Waals surface area contributed by atoms with E-state index in [1.807, 2.05) is 6.07 Å². The first-order valence-corrected chi connectivity index (χ1v) is 8.72. The minimum atomic E-state index is -0.986. The number of nitrogens with one attached hydrogen (secondary N) is 2. The molecule has 8 heteroatoms. The van der Waals surface area contributed by atoms with Crippen LogP contribution in [0.2, 0.25) is 0 Å². The number of nitrogens with zero attached hydrogens (tertiary/aromatic N) is 1. The molecule has 0 radical (unpaired) electrons. The fourth-order valence-electron chi connectivity index (χ4n) is 2.56. The molecule has 30 heavy (non-hydrogen) atoms. The molecule has 3 aromatic carbocycles. The van der Waals surface area contributed by atoms with Crippen LogP contribution < -0.4 is 15.4 Å². The highest BCUT2D eigenvalue weighted by molar-refractivity contribution is 6.05. The van der Waals surface area contributed by atoms with Gasteiger partial charge in [0.05, 0.1) is 23.0 Å². The molecular formula is C22H15F2N3O3. The van der Waals surface area contributed by atoms with Crippen LogP contribution in [0.15, 0.2) is 60.7 Å². The summed E-state index contributed by atoms with van der Waals surface area (Å²) in [6, 6.07) is 16.1. The van der Waals surface area contributed by atoms with Gasteiger partial charge in [0.1, 0.15) is 23.1 Å². The topological polar surface area (TPSA) is 91.2 Å². The van der Waals surface area contributed by atoms with E-state index in [1.165, 1.54) is 19.1 Å². The van der Waals surface area contributed by atoms with Crippen molar-refractivity contribution in [3.8, 4) is 17.6 Å². The van der Waals surface area contributed by atoms with E-state index in [0.29, 0.717) is 23.1 Å². The van der Waals surface area contributed by atoms with E-state index in [1.54, 1.807) is 36.4 Å². The Morgan fingerprint density at radius 1 is 0.900 bits per heavy atom. The Hall–Kier alpha value is -4.25. The third kappa shape index (κ3) is 4.97. The second-order valence-corrected chi connectivity index (χ2v) is 6.21. The Kier molecular flexibility index (Phi) is 6.03. The fourth-order valence-corrected chi connectivity index (χ4v) is 2.56. The molecular weight excluding hydrogens is 392 g/mol. The molecule has 0 saturated carbocycles. The summed E-state index contributed by atoms with van der Waals surface area (Å²) in [6.45, 7) is 1.18. The highest BCUT2D eigenvalue weighted by atomic mass is 19.1. The summed E-state index contributed by atoms with van der Waals surface area (Å²) in [5.41, 5.74) is 0.113. The van der Waals surface area contributed by atoms with Crippen LogP contribution in [-0.2, 0) is 4.79 Å². The molecule has 0 spiro atoms. The van der Waals surface area contributed by atoms with Crippen molar-refractivity contribution in [1.29, 1.82) is 5.26 Å². The highest BCUT2D eigenvalue weighted by Crippen LogP contribution is 2.26. The molecule has 0 saturated heterocycles. The van der Waals surface area contributed by atoms with Crippen molar-refractivity contribution in [1.82, 2.24) is 0 Å². The quantitative estimate of drug-likeness (QED) is 0.633. The van der Waals surface area contributed by atoms with Gasteiger partial charge >= 0.3 is 0 Å². The summed E-state index contributed by atoms with van der Waals surface area (Å²) in [5.74, 6) is -2.31. The van der Waals surface area contributed by atoms with Gasteiger partial charge in [0, 0.05) is 18.6 Å². The van der Waals surface area contributed by atoms with Gasteiger partial charge in [-0.15, -0.1) is 0 Å². The minimum absolute atomic E-state index is 0.172. The van der Waals surface area contributed by atoms with Crippen LogP contribution in [0, 0.1) is 23.0 Å². The molecule has 0 aliphatic carbocycles. The summed E-state index contributed by atoms with van der Waals surface area (Å²) >= 11 is 0. The third-order valence-corrected chi connectivity index (χ3v) is 3.93. The van der Waals surface area contributed by atoms with Crippen molar-refractivity contribution in [2.24, 2.45) is 0 Å². The Balaban J connectivity index is 1.78. The fraction of sp³-hybridized carbons (Fsp3) is 0.0455. The molecule has 2 N–H and O–H groups in total. The normalized spacial score (nSPS) is 10.1. The van der Waals surface area contributed by atoms with E-state index in [4.69, 9.17) is 10.00 Å². The Bertz CT molecular complexity index is 1160. The predicted molar refractivity (Wildman–Crippen MR) is 106 cm³/mol. The van der Waals surface area contributed by atoms with Crippen molar-refractivity contribution in [2.45, 2.75) is 6.92 Å². The van der Waals surface area contributed by atoms with E-state index < -0.39 is 23.4 Å². The average Bonchev–Trinajstić information content (AvgIpc) is 2.72. The molecule has 0 fully saturated rings. The number of hydrogen-bond acceptors (Lipinski definition) is 4. The smallest absolute Gasteiger partial charge is 0.255 e. The third-order valence-electron chi connectivity index (χ3n) is 3.93. The first kappa shape index (κ1) is 20.5. The van der Waals surface area contributed by atoms with Crippen LogP contribution in [0.4, 0.5) is 20.2 Å². The minimum Gasteiger partial charge on any atom is -0.457 e. The van der Waals surface area contributed by atoms with Gasteiger partial charge in [0.25, 0.3) is 5.91 Å². The number of halogens is 2. The standard InChI is InChI=1S/C22H15F2N3O3/c1-13(28)26-20-11-21(19(24)10-18(20)23)27-22(29)15-3-2-4-17(9-15)30-16-7-5-14(12-25)6-8-16/h2-11H,1H3,(H,26,28)(H,27,29). The Labute approximate surface area is 170 Å². The summed E-state index contributed by atoms with van der Waals surface area (Å²) in [7, 11) is 0. The van der Waals surface area contributed by atoms with Crippen LogP contribution in [-0.4, -0.2) is 11.8 Å². The molecule has 0 aliphatic heterocycles. The van der Waals surface area contributed by atoms with Crippen molar-refractivity contribution in [2.75, 3.05) is 10.6 Å². The predicted octanol–water partition coefficient (Wildman–Crippen LogP) is 4.84. The number of carbonyl (C=O) groups excluding carboxylic acids is 2. The van der Waals surface area contributed by atoms with Gasteiger partial charge in [0.15, 0.2) is 0 Å². The maximum absolute atomic E-state index is 14.1. The highest BCUT2D eigenvalue weighted by Gasteiger charge is 2.15. The van der Waals surface area contributed by atoms with Crippen molar-refractivity contribution in [3.05, 3.63) is 83.4 Å². The maximum Gasteiger partial charge on any atom is 0.255 e. The van der Waals surface area contributed by atoms with E-state index in [2.05, 4.69) is 10.6 Å². The number of nitriles is 1. The number of carbonyl (C=O) groups is 2. The van der Waals surface area contributed by atoms with E-state index in [0.717, 1.165) is 6.07 Å². The molecule has 150 valence electrons. The van der Waals surface area contributed by atoms with Gasteiger partial charge in [-0.1, -0.05) is 6.07 Å². The molecule has 0 unspecified atom stereocenters. The monoisotopic (exact) mass is 407 g/mol. The summed E-state index contributed by atoms with van der Waals surface area (Å²) in [4.78, 5) is 23.7. The first-order chi connectivity index (χ1) is 14.4. The van der Waals surface area contributed by atoms with Gasteiger partial charge in [-0.3, -0.25) is 9.59 Å². The number of ether oxygens (including phenoxy) is 1. The lowest BCUT2D eigenvalue weighted by molar-refractivity contribution is -0.114. The largest absolute Gasteiger partial charge is 0.457 e. The van der Waals surface area contributed by atoms with Crippen molar-refractivity contribution < 1.29 is 23.1 Å². The number of anilines is 2. The SMILES string of the molecule is CC(=O)Nc1cc(NC(=O)c2cccc(Oc3ccc(C#N)cc3)c2)c(F)cc1F. The number of rotatable bonds is 5. The summed E-state index contributed by atoms with van der Waals surface area (Å²) < 4.78 is 33.5. The molecule has 0 aromatic heterocycles. The van der Waals surface area contributed by atoms with Gasteiger partial charge in [-0.2, -0.15) is 5.26 Å². The Morgan fingerprint density at radius 3 is 2.20 bits per heavy atom. The zero-order chi connectivity index (χ0) is 21.7. The van der Waals surface area contributed by atoms with Crippen LogP contribution in [0.5, 0.6) is 11.5 Å². The van der Waals surface area contributed by atoms with Crippen LogP contribution >= 0.6 is 0 Å². The van der Waals surface area contributed by atoms with E-state index >= 15 is 0 Å². The number of benzene rings is 3. The van der Waals surface area contributed by atoms with Gasteiger partial charge in [-0.25, -0.2) is 8.78 Å². The molecule has 0 aliphatic rings. The average molecular weight is 407 g/mol. The maximum atomic E-state index is 14.1. The van der Waals surface area contributed by atoms with Crippen molar-refractivity contribution >= 4 is 23.2 Å². The van der Waals surface area contributed by atoms with Crippen molar-refractivity contribution in [3.63, 3.8) is 0 Å². The first-order valence-electron chi connectivity index (χ1n) is 8.72. The molecule has 6 nitrogen and oxygen atoms in total. The van der Waals surface area contributed by atoms with E-state index in [-0.39, 0.29) is 16.9 Å². The molecule has 0 bridgehead atoms. The number of hydrogen-bond donors (Lipinski definition) is 2. The van der Waals surface area contributed by atoms with Crippen LogP contribution in [0.25, 0.3) is 0 Å². The van der Waals surface area contributed by atoms with Gasteiger partial charge in [-0.05, 0) is 48.5 Å². The molecule has 3 rings (SSSR count). The lowest BCUT2D eigenvalue weighted by Crippen LogP contribution is -2.14. The summed E-state index contributed by atoms with van der Waals surface area (Å²) in [6.07, 6.45) is 0. The van der Waals surface area contributed by atoms with Crippen LogP contribution in [0.3, 0.4) is 0 Å². The molecule has 2 amide bonds. The second-order valence-electron chi connectivity index (χ2n) is 6.21. The zero-order valence-corrected chi connectivity index (χ0v) is 15.7. The molecule has 0 atom stereocenters. The molecule has 3 aromatic rings. The van der Waals surface area contributed by atoms with Gasteiger partial charge in [0.2, 0.25) is 5.91 Å². The lowest BCUT2D eigenvalue weighted by atomic mass is 10.2. The Morgan fingerprint density at radius 2 is 1.57 bits per heavy atom. The van der Waals surface area contributed by atoms with E-state index in [9.17, 15) is 18.4 Å². The molecule has 0 heterocycles. The zero-order valence-electron chi connectivity index (χ0n) is 15.7. The second kappa shape index (κ2) is 8.84. The van der Waals surface area contributed by atoms with Gasteiger partial charge < -0.3 is 15.4 Å². The summed E-state index contributed by atoms with van der Waals surface area (Å²) in [5, 5.41) is 13.4. The van der Waals surface area contributed by atoms with Crippen LogP contribution in [0.1, 0.15) is 22.8 Å². The lowest BCUT2D eigenvalue weighted by Gasteiger charge is -2.11. The number of amides is 2.